The third-order valence-electron chi connectivity index (χ3n) is 4.51. The Morgan fingerprint density at radius 2 is 1.76 bits per heavy atom. The smallest absolute Gasteiger partial charge is 0.320 e. The molecule has 4 atom stereocenters. The highest BCUT2D eigenvalue weighted by Crippen LogP contribution is 2.36. The first-order valence-corrected chi connectivity index (χ1v) is 7.05. The second-order valence-electron chi connectivity index (χ2n) is 6.27. The molecular formula is C14H25NO2. The van der Waals surface area contributed by atoms with Crippen LogP contribution in [-0.2, 0) is 4.79 Å². The average Bonchev–Trinajstić information content (AvgIpc) is 2.28. The number of aliphatic carboxylic acids is 1. The van der Waals surface area contributed by atoms with Crippen molar-refractivity contribution in [1.29, 1.82) is 0 Å². The molecule has 1 saturated carbocycles. The van der Waals surface area contributed by atoms with Gasteiger partial charge in [0.15, 0.2) is 0 Å². The second-order valence-corrected chi connectivity index (χ2v) is 6.27. The monoisotopic (exact) mass is 239 g/mol. The third-order valence-corrected chi connectivity index (χ3v) is 4.51. The summed E-state index contributed by atoms with van der Waals surface area (Å²) in [6.45, 7) is 4.67. The van der Waals surface area contributed by atoms with Gasteiger partial charge in [-0.2, -0.15) is 0 Å². The van der Waals surface area contributed by atoms with Crippen molar-refractivity contribution in [2.45, 2.75) is 64.5 Å². The Balaban J connectivity index is 1.94. The van der Waals surface area contributed by atoms with E-state index in [9.17, 15) is 4.79 Å². The molecule has 0 radical (unpaired) electrons. The summed E-state index contributed by atoms with van der Waals surface area (Å²) in [6.07, 6.45) is 6.90. The molecule has 1 saturated heterocycles. The van der Waals surface area contributed by atoms with Crippen LogP contribution in [0.15, 0.2) is 0 Å². The number of nitrogens with one attached hydrogen (secondary N) is 1. The Hall–Kier alpha value is -0.570. The molecule has 0 aromatic rings. The van der Waals surface area contributed by atoms with Crippen molar-refractivity contribution in [3.8, 4) is 0 Å². The number of rotatable bonds is 2. The van der Waals surface area contributed by atoms with E-state index in [0.29, 0.717) is 12.0 Å². The van der Waals surface area contributed by atoms with Crippen LogP contribution in [0.1, 0.15) is 52.4 Å². The predicted molar refractivity (Wildman–Crippen MR) is 67.9 cm³/mol. The zero-order valence-electron chi connectivity index (χ0n) is 11.0. The molecule has 3 heteroatoms. The van der Waals surface area contributed by atoms with E-state index in [4.69, 9.17) is 5.11 Å². The van der Waals surface area contributed by atoms with Crippen LogP contribution in [0.3, 0.4) is 0 Å². The Bertz CT molecular complexity index is 269. The summed E-state index contributed by atoms with van der Waals surface area (Å²) in [5, 5.41) is 12.5. The Kier molecular flexibility index (Phi) is 4.08. The van der Waals surface area contributed by atoms with Crippen LogP contribution in [0, 0.1) is 17.8 Å². The number of piperidine rings is 1. The number of carboxylic acids is 1. The van der Waals surface area contributed by atoms with E-state index in [1.807, 2.05) is 0 Å². The Morgan fingerprint density at radius 1 is 1.12 bits per heavy atom. The molecule has 1 aliphatic heterocycles. The number of hydrogen-bond acceptors (Lipinski definition) is 2. The van der Waals surface area contributed by atoms with Crippen LogP contribution in [0.4, 0.5) is 0 Å². The molecule has 0 amide bonds. The third kappa shape index (κ3) is 3.21. The van der Waals surface area contributed by atoms with Gasteiger partial charge in [0, 0.05) is 6.04 Å². The van der Waals surface area contributed by atoms with E-state index in [2.05, 4.69) is 19.2 Å². The lowest BCUT2D eigenvalue weighted by Crippen LogP contribution is -2.51. The summed E-state index contributed by atoms with van der Waals surface area (Å²) in [7, 11) is 0. The van der Waals surface area contributed by atoms with E-state index in [-0.39, 0.29) is 6.04 Å². The van der Waals surface area contributed by atoms with Crippen LogP contribution >= 0.6 is 0 Å². The quantitative estimate of drug-likeness (QED) is 0.779. The molecular weight excluding hydrogens is 214 g/mol. The molecule has 2 rings (SSSR count). The number of hydrogen-bond donors (Lipinski definition) is 2. The van der Waals surface area contributed by atoms with Crippen LogP contribution < -0.4 is 5.32 Å². The normalized spacial score (nSPS) is 43.3. The summed E-state index contributed by atoms with van der Waals surface area (Å²) in [4.78, 5) is 11.0. The molecule has 0 aromatic carbocycles. The zero-order valence-corrected chi connectivity index (χ0v) is 11.0. The minimum Gasteiger partial charge on any atom is -0.480 e. The van der Waals surface area contributed by atoms with E-state index in [1.54, 1.807) is 0 Å². The van der Waals surface area contributed by atoms with Crippen molar-refractivity contribution in [3.63, 3.8) is 0 Å². The summed E-state index contributed by atoms with van der Waals surface area (Å²) in [5.41, 5.74) is 0. The van der Waals surface area contributed by atoms with Crippen molar-refractivity contribution in [2.24, 2.45) is 17.8 Å². The molecule has 2 aliphatic rings. The van der Waals surface area contributed by atoms with E-state index in [0.717, 1.165) is 31.1 Å². The molecule has 0 spiro atoms. The van der Waals surface area contributed by atoms with Crippen molar-refractivity contribution >= 4 is 5.97 Å². The van der Waals surface area contributed by atoms with Gasteiger partial charge < -0.3 is 10.4 Å². The fourth-order valence-electron chi connectivity index (χ4n) is 3.87. The van der Waals surface area contributed by atoms with Crippen molar-refractivity contribution in [1.82, 2.24) is 5.32 Å². The topological polar surface area (TPSA) is 49.3 Å². The molecule has 0 bridgehead atoms. The van der Waals surface area contributed by atoms with E-state index >= 15 is 0 Å². The maximum Gasteiger partial charge on any atom is 0.320 e. The summed E-state index contributed by atoms with van der Waals surface area (Å²) >= 11 is 0. The van der Waals surface area contributed by atoms with Gasteiger partial charge in [0.05, 0.1) is 0 Å². The molecule has 98 valence electrons. The first-order chi connectivity index (χ1) is 8.06. The second kappa shape index (κ2) is 5.38. The molecule has 2 N–H and O–H groups in total. The molecule has 1 aliphatic carbocycles. The first kappa shape index (κ1) is 12.9. The van der Waals surface area contributed by atoms with Crippen LogP contribution in [0.25, 0.3) is 0 Å². The van der Waals surface area contributed by atoms with Gasteiger partial charge in [-0.1, -0.05) is 13.8 Å². The van der Waals surface area contributed by atoms with Gasteiger partial charge in [-0.05, 0) is 56.3 Å². The zero-order chi connectivity index (χ0) is 12.4. The van der Waals surface area contributed by atoms with Gasteiger partial charge in [-0.25, -0.2) is 0 Å². The van der Waals surface area contributed by atoms with Crippen LogP contribution in [0.2, 0.25) is 0 Å². The highest BCUT2D eigenvalue weighted by atomic mass is 16.4. The van der Waals surface area contributed by atoms with E-state index in [1.165, 1.54) is 19.3 Å². The molecule has 2 fully saturated rings. The maximum absolute atomic E-state index is 11.0. The SMILES string of the molecule is CC1CC(C)CC(C2CCCC(C(=O)O)N2)C1. The lowest BCUT2D eigenvalue weighted by Gasteiger charge is -2.40. The molecule has 3 nitrogen and oxygen atoms in total. The molecule has 17 heavy (non-hydrogen) atoms. The fourth-order valence-corrected chi connectivity index (χ4v) is 3.87. The largest absolute Gasteiger partial charge is 0.480 e. The molecule has 4 unspecified atom stereocenters. The molecule has 0 aromatic heterocycles. The highest BCUT2D eigenvalue weighted by Gasteiger charge is 2.34. The number of carboxylic acid groups (broad SMARTS) is 1. The first-order valence-electron chi connectivity index (χ1n) is 7.05. The lowest BCUT2D eigenvalue weighted by molar-refractivity contribution is -0.140. The Morgan fingerprint density at radius 3 is 2.35 bits per heavy atom. The highest BCUT2D eigenvalue weighted by molar-refractivity contribution is 5.73. The van der Waals surface area contributed by atoms with Gasteiger partial charge in [0.2, 0.25) is 0 Å². The Labute approximate surface area is 104 Å². The van der Waals surface area contributed by atoms with Crippen LogP contribution in [-0.4, -0.2) is 23.2 Å². The maximum atomic E-state index is 11.0. The van der Waals surface area contributed by atoms with Crippen molar-refractivity contribution in [3.05, 3.63) is 0 Å². The van der Waals surface area contributed by atoms with Crippen molar-refractivity contribution in [2.75, 3.05) is 0 Å². The summed E-state index contributed by atoms with van der Waals surface area (Å²) in [6, 6.07) is 0.135. The minimum absolute atomic E-state index is 0.304. The van der Waals surface area contributed by atoms with Gasteiger partial charge in [-0.3, -0.25) is 4.79 Å². The summed E-state index contributed by atoms with van der Waals surface area (Å²) < 4.78 is 0. The van der Waals surface area contributed by atoms with Crippen LogP contribution in [0.5, 0.6) is 0 Å². The van der Waals surface area contributed by atoms with Gasteiger partial charge >= 0.3 is 5.97 Å². The fraction of sp³-hybridized carbons (Fsp3) is 0.929. The van der Waals surface area contributed by atoms with E-state index < -0.39 is 5.97 Å². The summed E-state index contributed by atoms with van der Waals surface area (Å²) in [5.74, 6) is 1.62. The van der Waals surface area contributed by atoms with Gasteiger partial charge in [0.25, 0.3) is 0 Å². The predicted octanol–water partition coefficient (Wildman–Crippen LogP) is 2.65. The van der Waals surface area contributed by atoms with Crippen molar-refractivity contribution < 1.29 is 9.90 Å². The van der Waals surface area contributed by atoms with Gasteiger partial charge in [0.1, 0.15) is 6.04 Å². The number of carbonyl (C=O) groups is 1. The standard InChI is InChI=1S/C14H25NO2/c1-9-6-10(2)8-11(7-9)12-4-3-5-13(15-12)14(16)17/h9-13,15H,3-8H2,1-2H3,(H,16,17). The lowest BCUT2D eigenvalue weighted by atomic mass is 9.72. The van der Waals surface area contributed by atoms with Gasteiger partial charge in [-0.15, -0.1) is 0 Å². The minimum atomic E-state index is -0.674. The molecule has 1 heterocycles. The average molecular weight is 239 g/mol.